The van der Waals surface area contributed by atoms with Gasteiger partial charge in [0, 0.05) is 30.6 Å². The lowest BCUT2D eigenvalue weighted by Gasteiger charge is -2.29. The molecule has 2 rings (SSSR count). The van der Waals surface area contributed by atoms with Crippen molar-refractivity contribution in [3.05, 3.63) is 17.7 Å². The van der Waals surface area contributed by atoms with Gasteiger partial charge >= 0.3 is 0 Å². The Bertz CT molecular complexity index is 552. The predicted molar refractivity (Wildman–Crippen MR) is 66.5 cm³/mol. The molecule has 0 amide bonds. The maximum absolute atomic E-state index is 11.6. The molecule has 0 atom stereocenters. The minimum Gasteiger partial charge on any atom is -0.497 e. The van der Waals surface area contributed by atoms with Crippen LogP contribution in [0.3, 0.4) is 0 Å². The number of methoxy groups -OCH3 is 2. The fraction of sp³-hybridized carbons (Fsp3) is 0.455. The van der Waals surface area contributed by atoms with Gasteiger partial charge in [-0.1, -0.05) is 0 Å². The molecule has 18 heavy (non-hydrogen) atoms. The largest absolute Gasteiger partial charge is 0.497 e. The standard InChI is InChI=1S/C11H16N2O4S/c1-16-8-3-9(7-5-13-6-7)11(17-2)10(4-8)18(12,14)15/h3-4,7,13H,5-6H2,1-2H3,(H2,12,14,15). The number of nitrogens with two attached hydrogens (primary N) is 1. The van der Waals surface area contributed by atoms with Crippen molar-refractivity contribution in [2.45, 2.75) is 10.8 Å². The number of benzene rings is 1. The highest BCUT2D eigenvalue weighted by Gasteiger charge is 2.28. The average molecular weight is 272 g/mol. The molecule has 0 radical (unpaired) electrons. The number of hydrogen-bond acceptors (Lipinski definition) is 5. The molecule has 1 aromatic carbocycles. The van der Waals surface area contributed by atoms with Gasteiger partial charge in [-0.15, -0.1) is 0 Å². The second kappa shape index (κ2) is 4.75. The van der Waals surface area contributed by atoms with Crippen LogP contribution in [0.25, 0.3) is 0 Å². The van der Waals surface area contributed by atoms with E-state index in [1.54, 1.807) is 6.07 Å². The van der Waals surface area contributed by atoms with Gasteiger partial charge in [0.2, 0.25) is 10.0 Å². The number of hydrogen-bond donors (Lipinski definition) is 2. The quantitative estimate of drug-likeness (QED) is 0.807. The number of sulfonamides is 1. The molecule has 0 aromatic heterocycles. The van der Waals surface area contributed by atoms with E-state index in [9.17, 15) is 8.42 Å². The first-order chi connectivity index (χ1) is 8.47. The lowest BCUT2D eigenvalue weighted by molar-refractivity contribution is 0.367. The molecule has 7 heteroatoms. The highest BCUT2D eigenvalue weighted by Crippen LogP contribution is 2.37. The second-order valence-electron chi connectivity index (χ2n) is 4.15. The van der Waals surface area contributed by atoms with Gasteiger partial charge in [-0.3, -0.25) is 0 Å². The van der Waals surface area contributed by atoms with Crippen LogP contribution in [0.5, 0.6) is 11.5 Å². The molecular formula is C11H16N2O4S. The SMILES string of the molecule is COc1cc(C2CNC2)c(OC)c(S(N)(=O)=O)c1. The zero-order valence-electron chi connectivity index (χ0n) is 10.3. The van der Waals surface area contributed by atoms with Crippen molar-refractivity contribution in [2.24, 2.45) is 5.14 Å². The first kappa shape index (κ1) is 13.1. The van der Waals surface area contributed by atoms with Crippen LogP contribution in [0.15, 0.2) is 17.0 Å². The molecule has 1 fully saturated rings. The van der Waals surface area contributed by atoms with Gasteiger partial charge in [0.25, 0.3) is 0 Å². The summed E-state index contributed by atoms with van der Waals surface area (Å²) in [6, 6.07) is 3.17. The highest BCUT2D eigenvalue weighted by molar-refractivity contribution is 7.89. The summed E-state index contributed by atoms with van der Waals surface area (Å²) in [5, 5.41) is 8.34. The van der Waals surface area contributed by atoms with Crippen LogP contribution in [0.4, 0.5) is 0 Å². The molecule has 3 N–H and O–H groups in total. The topological polar surface area (TPSA) is 90.7 Å². The van der Waals surface area contributed by atoms with Crippen molar-refractivity contribution in [1.29, 1.82) is 0 Å². The number of ether oxygens (including phenoxy) is 2. The smallest absolute Gasteiger partial charge is 0.241 e. The van der Waals surface area contributed by atoms with Gasteiger partial charge in [-0.05, 0) is 6.07 Å². The third kappa shape index (κ3) is 2.29. The Labute approximate surface area is 106 Å². The van der Waals surface area contributed by atoms with Crippen LogP contribution in [-0.4, -0.2) is 35.7 Å². The number of primary sulfonamides is 1. The van der Waals surface area contributed by atoms with Crippen molar-refractivity contribution in [1.82, 2.24) is 5.32 Å². The van der Waals surface area contributed by atoms with Gasteiger partial charge in [-0.2, -0.15) is 0 Å². The van der Waals surface area contributed by atoms with Crippen LogP contribution in [0, 0.1) is 0 Å². The number of rotatable bonds is 4. The number of nitrogens with one attached hydrogen (secondary N) is 1. The molecular weight excluding hydrogens is 256 g/mol. The Morgan fingerprint density at radius 3 is 2.33 bits per heavy atom. The molecule has 1 aromatic rings. The van der Waals surface area contributed by atoms with E-state index in [0.717, 1.165) is 18.7 Å². The fourth-order valence-corrected chi connectivity index (χ4v) is 2.70. The van der Waals surface area contributed by atoms with E-state index in [0.29, 0.717) is 11.5 Å². The molecule has 100 valence electrons. The van der Waals surface area contributed by atoms with Crippen molar-refractivity contribution in [2.75, 3.05) is 27.3 Å². The van der Waals surface area contributed by atoms with Gasteiger partial charge in [0.15, 0.2) is 0 Å². The maximum atomic E-state index is 11.6. The lowest BCUT2D eigenvalue weighted by Crippen LogP contribution is -2.40. The first-order valence-electron chi connectivity index (χ1n) is 5.46. The van der Waals surface area contributed by atoms with Gasteiger partial charge in [-0.25, -0.2) is 13.6 Å². The first-order valence-corrected chi connectivity index (χ1v) is 7.01. The summed E-state index contributed by atoms with van der Waals surface area (Å²) < 4.78 is 33.5. The Hall–Kier alpha value is -1.31. The molecule has 0 bridgehead atoms. The summed E-state index contributed by atoms with van der Waals surface area (Å²) in [6.45, 7) is 1.57. The molecule has 0 unspecified atom stereocenters. The Kier molecular flexibility index (Phi) is 3.47. The molecule has 1 saturated heterocycles. The van der Waals surface area contributed by atoms with Gasteiger partial charge in [0.1, 0.15) is 16.4 Å². The van der Waals surface area contributed by atoms with E-state index in [2.05, 4.69) is 5.32 Å². The zero-order valence-corrected chi connectivity index (χ0v) is 11.1. The monoisotopic (exact) mass is 272 g/mol. The third-order valence-corrected chi connectivity index (χ3v) is 3.94. The maximum Gasteiger partial charge on any atom is 0.241 e. The summed E-state index contributed by atoms with van der Waals surface area (Å²) in [5.74, 6) is 0.988. The highest BCUT2D eigenvalue weighted by atomic mass is 32.2. The van der Waals surface area contributed by atoms with Crippen LogP contribution in [0.1, 0.15) is 11.5 Å². The summed E-state index contributed by atoms with van der Waals surface area (Å²) >= 11 is 0. The normalized spacial score (nSPS) is 16.2. The van der Waals surface area contributed by atoms with E-state index >= 15 is 0 Å². The van der Waals surface area contributed by atoms with E-state index < -0.39 is 10.0 Å². The Balaban J connectivity index is 2.63. The van der Waals surface area contributed by atoms with E-state index in [4.69, 9.17) is 14.6 Å². The second-order valence-corrected chi connectivity index (χ2v) is 5.68. The lowest BCUT2D eigenvalue weighted by atomic mass is 9.92. The molecule has 1 aliphatic rings. The van der Waals surface area contributed by atoms with E-state index in [-0.39, 0.29) is 10.8 Å². The molecule has 0 saturated carbocycles. The summed E-state index contributed by atoms with van der Waals surface area (Å²) in [4.78, 5) is -0.0359. The molecule has 6 nitrogen and oxygen atoms in total. The third-order valence-electron chi connectivity index (χ3n) is 3.02. The fourth-order valence-electron chi connectivity index (χ4n) is 1.96. The van der Waals surface area contributed by atoms with Crippen LogP contribution in [0.2, 0.25) is 0 Å². The Morgan fingerprint density at radius 2 is 1.94 bits per heavy atom. The molecule has 0 spiro atoms. The van der Waals surface area contributed by atoms with E-state index in [1.807, 2.05) is 0 Å². The molecule has 0 aliphatic carbocycles. The van der Waals surface area contributed by atoms with Gasteiger partial charge in [0.05, 0.1) is 14.2 Å². The van der Waals surface area contributed by atoms with Crippen molar-refractivity contribution in [3.8, 4) is 11.5 Å². The van der Waals surface area contributed by atoms with Crippen LogP contribution in [-0.2, 0) is 10.0 Å². The van der Waals surface area contributed by atoms with E-state index in [1.165, 1.54) is 20.3 Å². The van der Waals surface area contributed by atoms with Crippen molar-refractivity contribution < 1.29 is 17.9 Å². The Morgan fingerprint density at radius 1 is 1.28 bits per heavy atom. The van der Waals surface area contributed by atoms with Crippen LogP contribution < -0.4 is 19.9 Å². The van der Waals surface area contributed by atoms with Gasteiger partial charge < -0.3 is 14.8 Å². The summed E-state index contributed by atoms with van der Waals surface area (Å²) in [7, 11) is -0.923. The van der Waals surface area contributed by atoms with Crippen molar-refractivity contribution >= 4 is 10.0 Å². The summed E-state index contributed by atoms with van der Waals surface area (Å²) in [6.07, 6.45) is 0. The predicted octanol–water partition coefficient (Wildman–Crippen LogP) is 0.0380. The minimum atomic E-state index is -3.84. The zero-order chi connectivity index (χ0) is 13.3. The molecule has 1 heterocycles. The summed E-state index contributed by atoms with van der Waals surface area (Å²) in [5.41, 5.74) is 0.805. The minimum absolute atomic E-state index is 0.0359. The molecule has 1 aliphatic heterocycles. The average Bonchev–Trinajstić information content (AvgIpc) is 2.24. The van der Waals surface area contributed by atoms with Crippen LogP contribution >= 0.6 is 0 Å². The van der Waals surface area contributed by atoms with Crippen molar-refractivity contribution in [3.63, 3.8) is 0 Å².